The van der Waals surface area contributed by atoms with E-state index in [0.29, 0.717) is 37.4 Å². The van der Waals surface area contributed by atoms with Gasteiger partial charge in [-0.2, -0.15) is 0 Å². The third-order valence-corrected chi connectivity index (χ3v) is 3.43. The summed E-state index contributed by atoms with van der Waals surface area (Å²) >= 11 is 0. The van der Waals surface area contributed by atoms with E-state index in [-0.39, 0.29) is 30.8 Å². The fourth-order valence-electron chi connectivity index (χ4n) is 2.22. The Morgan fingerprint density at radius 1 is 1.19 bits per heavy atom. The van der Waals surface area contributed by atoms with E-state index in [1.54, 1.807) is 29.2 Å². The molecule has 0 radical (unpaired) electrons. The molecule has 0 atom stereocenters. The zero-order valence-corrected chi connectivity index (χ0v) is 12.8. The highest BCUT2D eigenvalue weighted by molar-refractivity contribution is 5.99. The SMILES string of the molecule is COC(=O)CN1CCN(C(=O)c2ccccc2N)CC1.Cl. The van der Waals surface area contributed by atoms with Gasteiger partial charge in [0.25, 0.3) is 5.91 Å². The number of amides is 1. The number of benzene rings is 1. The number of ether oxygens (including phenoxy) is 1. The molecule has 21 heavy (non-hydrogen) atoms. The van der Waals surface area contributed by atoms with Crippen molar-refractivity contribution in [2.45, 2.75) is 0 Å². The Kier molecular flexibility index (Phi) is 6.45. The molecular weight excluding hydrogens is 294 g/mol. The molecule has 1 fully saturated rings. The summed E-state index contributed by atoms with van der Waals surface area (Å²) in [6.07, 6.45) is 0. The third-order valence-electron chi connectivity index (χ3n) is 3.43. The number of carbonyl (C=O) groups excluding carboxylic acids is 2. The summed E-state index contributed by atoms with van der Waals surface area (Å²) < 4.78 is 4.63. The van der Waals surface area contributed by atoms with Crippen molar-refractivity contribution in [1.82, 2.24) is 9.80 Å². The van der Waals surface area contributed by atoms with Crippen LogP contribution in [-0.2, 0) is 9.53 Å². The van der Waals surface area contributed by atoms with Crippen molar-refractivity contribution < 1.29 is 14.3 Å². The molecule has 0 saturated carbocycles. The highest BCUT2D eigenvalue weighted by atomic mass is 35.5. The van der Waals surface area contributed by atoms with E-state index in [2.05, 4.69) is 4.74 Å². The predicted molar refractivity (Wildman–Crippen MR) is 82.5 cm³/mol. The average molecular weight is 314 g/mol. The number of halogens is 1. The summed E-state index contributed by atoms with van der Waals surface area (Å²) in [6, 6.07) is 7.07. The lowest BCUT2D eigenvalue weighted by atomic mass is 10.1. The molecule has 2 rings (SSSR count). The van der Waals surface area contributed by atoms with Crippen LogP contribution in [0.2, 0.25) is 0 Å². The zero-order chi connectivity index (χ0) is 14.5. The average Bonchev–Trinajstić information content (AvgIpc) is 2.47. The first-order chi connectivity index (χ1) is 9.61. The number of nitrogens with zero attached hydrogens (tertiary/aromatic N) is 2. The van der Waals surface area contributed by atoms with Gasteiger partial charge in [-0.3, -0.25) is 14.5 Å². The Hall–Kier alpha value is -1.79. The number of nitrogen functional groups attached to an aromatic ring is 1. The molecule has 1 aliphatic rings. The molecule has 0 spiro atoms. The lowest BCUT2D eigenvalue weighted by Gasteiger charge is -2.34. The van der Waals surface area contributed by atoms with E-state index >= 15 is 0 Å². The van der Waals surface area contributed by atoms with Crippen LogP contribution in [0.25, 0.3) is 0 Å². The van der Waals surface area contributed by atoms with Crippen LogP contribution in [0.4, 0.5) is 5.69 Å². The van der Waals surface area contributed by atoms with Crippen LogP contribution in [0.15, 0.2) is 24.3 Å². The standard InChI is InChI=1S/C14H19N3O3.ClH/c1-20-13(18)10-16-6-8-17(9-7-16)14(19)11-4-2-3-5-12(11)15;/h2-5H,6-10,15H2,1H3;1H. The molecule has 6 nitrogen and oxygen atoms in total. The van der Waals surface area contributed by atoms with Crippen LogP contribution in [0, 0.1) is 0 Å². The molecular formula is C14H20ClN3O3. The molecule has 0 aromatic heterocycles. The zero-order valence-electron chi connectivity index (χ0n) is 11.9. The number of rotatable bonds is 3. The van der Waals surface area contributed by atoms with E-state index in [1.165, 1.54) is 7.11 Å². The second kappa shape index (κ2) is 7.85. The second-order valence-electron chi connectivity index (χ2n) is 4.73. The number of hydrogen-bond acceptors (Lipinski definition) is 5. The van der Waals surface area contributed by atoms with Gasteiger partial charge in [-0.1, -0.05) is 12.1 Å². The number of carbonyl (C=O) groups is 2. The molecule has 1 aromatic rings. The molecule has 0 aliphatic carbocycles. The molecule has 1 aromatic carbocycles. The summed E-state index contributed by atoms with van der Waals surface area (Å²) in [5, 5.41) is 0. The van der Waals surface area contributed by atoms with Crippen LogP contribution in [-0.4, -0.2) is 61.5 Å². The van der Waals surface area contributed by atoms with E-state index in [9.17, 15) is 9.59 Å². The van der Waals surface area contributed by atoms with Gasteiger partial charge in [0.2, 0.25) is 0 Å². The van der Waals surface area contributed by atoms with Crippen molar-refractivity contribution in [1.29, 1.82) is 0 Å². The summed E-state index contributed by atoms with van der Waals surface area (Å²) in [7, 11) is 1.38. The number of nitrogens with two attached hydrogens (primary N) is 1. The fourth-order valence-corrected chi connectivity index (χ4v) is 2.22. The van der Waals surface area contributed by atoms with Crippen molar-refractivity contribution in [3.8, 4) is 0 Å². The van der Waals surface area contributed by atoms with E-state index in [1.807, 2.05) is 4.90 Å². The predicted octanol–water partition coefficient (Wildman–Crippen LogP) is 0.621. The lowest BCUT2D eigenvalue weighted by Crippen LogP contribution is -2.50. The highest BCUT2D eigenvalue weighted by Gasteiger charge is 2.24. The maximum Gasteiger partial charge on any atom is 0.319 e. The van der Waals surface area contributed by atoms with Crippen LogP contribution in [0.1, 0.15) is 10.4 Å². The third kappa shape index (κ3) is 4.34. The van der Waals surface area contributed by atoms with Crippen molar-refractivity contribution in [2.75, 3.05) is 45.6 Å². The van der Waals surface area contributed by atoms with Gasteiger partial charge in [0, 0.05) is 31.9 Å². The quantitative estimate of drug-likeness (QED) is 0.654. The maximum absolute atomic E-state index is 12.3. The Bertz CT molecular complexity index is 502. The van der Waals surface area contributed by atoms with Gasteiger partial charge in [0.1, 0.15) is 0 Å². The van der Waals surface area contributed by atoms with E-state index < -0.39 is 0 Å². The molecule has 7 heteroatoms. The van der Waals surface area contributed by atoms with Gasteiger partial charge < -0.3 is 15.4 Å². The Balaban J connectivity index is 0.00000220. The van der Waals surface area contributed by atoms with E-state index in [0.717, 1.165) is 0 Å². The minimum absolute atomic E-state index is 0. The van der Waals surface area contributed by atoms with Crippen LogP contribution >= 0.6 is 12.4 Å². The first-order valence-corrected chi connectivity index (χ1v) is 6.54. The minimum atomic E-state index is -0.253. The molecule has 1 saturated heterocycles. The number of esters is 1. The Morgan fingerprint density at radius 2 is 1.81 bits per heavy atom. The largest absolute Gasteiger partial charge is 0.468 e. The summed E-state index contributed by atoms with van der Waals surface area (Å²) in [5.74, 6) is -0.308. The number of para-hydroxylation sites is 1. The molecule has 0 unspecified atom stereocenters. The Labute approximate surface area is 130 Å². The van der Waals surface area contributed by atoms with Gasteiger partial charge >= 0.3 is 5.97 Å². The van der Waals surface area contributed by atoms with E-state index in [4.69, 9.17) is 5.73 Å². The van der Waals surface area contributed by atoms with Crippen molar-refractivity contribution in [3.05, 3.63) is 29.8 Å². The van der Waals surface area contributed by atoms with Crippen LogP contribution in [0.5, 0.6) is 0 Å². The number of piperazine rings is 1. The number of anilines is 1. The molecule has 0 bridgehead atoms. The second-order valence-corrected chi connectivity index (χ2v) is 4.73. The molecule has 1 heterocycles. The Morgan fingerprint density at radius 3 is 2.38 bits per heavy atom. The van der Waals surface area contributed by atoms with Gasteiger partial charge in [-0.05, 0) is 12.1 Å². The van der Waals surface area contributed by atoms with Gasteiger partial charge in [0.15, 0.2) is 0 Å². The fraction of sp³-hybridized carbons (Fsp3) is 0.429. The van der Waals surface area contributed by atoms with Crippen molar-refractivity contribution >= 4 is 30.0 Å². The molecule has 2 N–H and O–H groups in total. The van der Waals surface area contributed by atoms with Gasteiger partial charge in [-0.15, -0.1) is 12.4 Å². The first-order valence-electron chi connectivity index (χ1n) is 6.54. The van der Waals surface area contributed by atoms with Gasteiger partial charge in [-0.25, -0.2) is 0 Å². The van der Waals surface area contributed by atoms with Crippen molar-refractivity contribution in [2.24, 2.45) is 0 Å². The first kappa shape index (κ1) is 17.3. The van der Waals surface area contributed by atoms with Crippen molar-refractivity contribution in [3.63, 3.8) is 0 Å². The van der Waals surface area contributed by atoms with Gasteiger partial charge in [0.05, 0.1) is 19.2 Å². The highest BCUT2D eigenvalue weighted by Crippen LogP contribution is 2.15. The summed E-state index contributed by atoms with van der Waals surface area (Å²) in [6.45, 7) is 2.77. The van der Waals surface area contributed by atoms with Crippen LogP contribution < -0.4 is 5.73 Å². The summed E-state index contributed by atoms with van der Waals surface area (Å²) in [5.41, 5.74) is 6.85. The lowest BCUT2D eigenvalue weighted by molar-refractivity contribution is -0.142. The number of hydrogen-bond donors (Lipinski definition) is 1. The molecule has 1 aliphatic heterocycles. The maximum atomic E-state index is 12.3. The number of methoxy groups -OCH3 is 1. The topological polar surface area (TPSA) is 75.9 Å². The van der Waals surface area contributed by atoms with Crippen LogP contribution in [0.3, 0.4) is 0 Å². The molecule has 1 amide bonds. The summed E-state index contributed by atoms with van der Waals surface area (Å²) in [4.78, 5) is 27.3. The molecule has 116 valence electrons. The normalized spacial score (nSPS) is 15.2. The monoisotopic (exact) mass is 313 g/mol. The smallest absolute Gasteiger partial charge is 0.319 e. The minimum Gasteiger partial charge on any atom is -0.468 e.